The zero-order chi connectivity index (χ0) is 13.3. The second-order valence-corrected chi connectivity index (χ2v) is 6.15. The molecule has 0 saturated heterocycles. The van der Waals surface area contributed by atoms with Gasteiger partial charge in [0.2, 0.25) is 0 Å². The van der Waals surface area contributed by atoms with Gasteiger partial charge in [-0.25, -0.2) is 9.78 Å². The maximum Gasteiger partial charge on any atom is 0.414 e. The molecule has 2 rings (SSSR count). The first-order chi connectivity index (χ1) is 8.37. The van der Waals surface area contributed by atoms with Crippen molar-refractivity contribution < 1.29 is 9.53 Å². The third-order valence-electron chi connectivity index (χ3n) is 2.62. The molecule has 0 unspecified atom stereocenters. The van der Waals surface area contributed by atoms with Crippen molar-refractivity contribution in [2.45, 2.75) is 39.2 Å². The standard InChI is InChI=1S/C13H17BrN2O2/c1-13(2,3)18-12(17)16-8-4-5-9-10(16)6-7-11(14)15-9/h6-7H,4-5,8H2,1-3H3. The van der Waals surface area contributed by atoms with Gasteiger partial charge >= 0.3 is 6.09 Å². The monoisotopic (exact) mass is 312 g/mol. The number of carbonyl (C=O) groups excluding carboxylic acids is 1. The Bertz CT molecular complexity index is 469. The first-order valence-electron chi connectivity index (χ1n) is 6.03. The molecule has 0 atom stereocenters. The fourth-order valence-electron chi connectivity index (χ4n) is 1.93. The number of fused-ring (bicyclic) bond motifs is 1. The molecule has 1 aliphatic heterocycles. The van der Waals surface area contributed by atoms with Crippen molar-refractivity contribution in [3.63, 3.8) is 0 Å². The summed E-state index contributed by atoms with van der Waals surface area (Å²) in [7, 11) is 0. The van der Waals surface area contributed by atoms with Crippen LogP contribution in [0.25, 0.3) is 0 Å². The number of carbonyl (C=O) groups is 1. The molecule has 2 heterocycles. The summed E-state index contributed by atoms with van der Waals surface area (Å²) >= 11 is 3.35. The summed E-state index contributed by atoms with van der Waals surface area (Å²) < 4.78 is 6.21. The Balaban J connectivity index is 2.25. The summed E-state index contributed by atoms with van der Waals surface area (Å²) in [5, 5.41) is 0. The summed E-state index contributed by atoms with van der Waals surface area (Å²) in [6, 6.07) is 3.76. The van der Waals surface area contributed by atoms with E-state index in [2.05, 4.69) is 20.9 Å². The molecule has 1 aromatic heterocycles. The summed E-state index contributed by atoms with van der Waals surface area (Å²) in [5.74, 6) is 0. The normalized spacial score (nSPS) is 15.2. The number of ether oxygens (including phenoxy) is 1. The lowest BCUT2D eigenvalue weighted by Gasteiger charge is -2.31. The highest BCUT2D eigenvalue weighted by Crippen LogP contribution is 2.28. The van der Waals surface area contributed by atoms with Gasteiger partial charge in [-0.1, -0.05) is 0 Å². The van der Waals surface area contributed by atoms with Crippen LogP contribution in [-0.4, -0.2) is 23.2 Å². The van der Waals surface area contributed by atoms with E-state index in [0.29, 0.717) is 6.54 Å². The average Bonchev–Trinajstić information content (AvgIpc) is 2.25. The van der Waals surface area contributed by atoms with E-state index in [0.717, 1.165) is 28.8 Å². The van der Waals surface area contributed by atoms with Gasteiger partial charge in [0, 0.05) is 6.54 Å². The molecule has 0 aliphatic carbocycles. The molecule has 1 aliphatic rings. The fraction of sp³-hybridized carbons (Fsp3) is 0.538. The molecule has 0 N–H and O–H groups in total. The van der Waals surface area contributed by atoms with E-state index >= 15 is 0 Å². The van der Waals surface area contributed by atoms with Crippen molar-refractivity contribution in [2.75, 3.05) is 11.4 Å². The lowest BCUT2D eigenvalue weighted by atomic mass is 10.1. The molecule has 18 heavy (non-hydrogen) atoms. The van der Waals surface area contributed by atoms with Crippen molar-refractivity contribution in [2.24, 2.45) is 0 Å². The van der Waals surface area contributed by atoms with Crippen LogP contribution in [0.1, 0.15) is 32.9 Å². The molecule has 0 bridgehead atoms. The molecule has 0 aromatic carbocycles. The van der Waals surface area contributed by atoms with Crippen LogP contribution in [0.4, 0.5) is 10.5 Å². The zero-order valence-electron chi connectivity index (χ0n) is 10.9. The van der Waals surface area contributed by atoms with E-state index in [1.807, 2.05) is 32.9 Å². The summed E-state index contributed by atoms with van der Waals surface area (Å²) in [4.78, 5) is 18.2. The molecular formula is C13H17BrN2O2. The lowest BCUT2D eigenvalue weighted by molar-refractivity contribution is 0.0577. The van der Waals surface area contributed by atoms with Gasteiger partial charge < -0.3 is 4.74 Å². The Morgan fingerprint density at radius 1 is 1.44 bits per heavy atom. The van der Waals surface area contributed by atoms with Gasteiger partial charge in [-0.3, -0.25) is 4.90 Å². The quantitative estimate of drug-likeness (QED) is 0.688. The predicted octanol–water partition coefficient (Wildman–Crippen LogP) is 3.53. The van der Waals surface area contributed by atoms with E-state index in [1.54, 1.807) is 4.90 Å². The van der Waals surface area contributed by atoms with Crippen LogP contribution in [0.3, 0.4) is 0 Å². The Labute approximate surface area is 115 Å². The SMILES string of the molecule is CC(C)(C)OC(=O)N1CCCc2nc(Br)ccc21. The van der Waals surface area contributed by atoms with E-state index < -0.39 is 5.60 Å². The first-order valence-corrected chi connectivity index (χ1v) is 6.82. The fourth-order valence-corrected chi connectivity index (χ4v) is 2.28. The van der Waals surface area contributed by atoms with Gasteiger partial charge in [-0.15, -0.1) is 0 Å². The maximum absolute atomic E-state index is 12.1. The molecule has 98 valence electrons. The topological polar surface area (TPSA) is 42.4 Å². The van der Waals surface area contributed by atoms with E-state index in [4.69, 9.17) is 4.74 Å². The third kappa shape index (κ3) is 3.02. The van der Waals surface area contributed by atoms with E-state index in [-0.39, 0.29) is 6.09 Å². The number of pyridine rings is 1. The smallest absolute Gasteiger partial charge is 0.414 e. The van der Waals surface area contributed by atoms with E-state index in [9.17, 15) is 4.79 Å². The molecular weight excluding hydrogens is 296 g/mol. The van der Waals surface area contributed by atoms with Crippen molar-refractivity contribution in [1.82, 2.24) is 4.98 Å². The van der Waals surface area contributed by atoms with E-state index in [1.165, 1.54) is 0 Å². The van der Waals surface area contributed by atoms with Crippen LogP contribution in [-0.2, 0) is 11.2 Å². The van der Waals surface area contributed by atoms with Crippen molar-refractivity contribution in [1.29, 1.82) is 0 Å². The van der Waals surface area contributed by atoms with Crippen LogP contribution in [0.5, 0.6) is 0 Å². The van der Waals surface area contributed by atoms with Crippen molar-refractivity contribution >= 4 is 27.7 Å². The molecule has 0 spiro atoms. The summed E-state index contributed by atoms with van der Waals surface area (Å²) in [6.07, 6.45) is 1.51. The van der Waals surface area contributed by atoms with Gasteiger partial charge in [0.1, 0.15) is 10.2 Å². The number of rotatable bonds is 0. The summed E-state index contributed by atoms with van der Waals surface area (Å²) in [6.45, 7) is 6.30. The number of amides is 1. The second-order valence-electron chi connectivity index (χ2n) is 5.34. The molecule has 1 aromatic rings. The highest BCUT2D eigenvalue weighted by Gasteiger charge is 2.27. The number of aromatic nitrogens is 1. The Morgan fingerprint density at radius 3 is 2.83 bits per heavy atom. The maximum atomic E-state index is 12.1. The number of aryl methyl sites for hydroxylation is 1. The number of hydrogen-bond donors (Lipinski definition) is 0. The minimum Gasteiger partial charge on any atom is -0.443 e. The van der Waals surface area contributed by atoms with Gasteiger partial charge in [-0.2, -0.15) is 0 Å². The molecule has 1 amide bonds. The minimum atomic E-state index is -0.475. The first kappa shape index (κ1) is 13.3. The van der Waals surface area contributed by atoms with Crippen LogP contribution in [0, 0.1) is 0 Å². The second kappa shape index (κ2) is 4.88. The minimum absolute atomic E-state index is 0.299. The zero-order valence-corrected chi connectivity index (χ0v) is 12.5. The lowest BCUT2D eigenvalue weighted by Crippen LogP contribution is -2.40. The van der Waals surface area contributed by atoms with Gasteiger partial charge in [0.15, 0.2) is 0 Å². The van der Waals surface area contributed by atoms with Crippen LogP contribution in [0.2, 0.25) is 0 Å². The van der Waals surface area contributed by atoms with Crippen molar-refractivity contribution in [3.05, 3.63) is 22.4 Å². The number of hydrogen-bond acceptors (Lipinski definition) is 3. The van der Waals surface area contributed by atoms with Crippen LogP contribution >= 0.6 is 15.9 Å². The van der Waals surface area contributed by atoms with Crippen molar-refractivity contribution in [3.8, 4) is 0 Å². The largest absolute Gasteiger partial charge is 0.443 e. The number of nitrogens with zero attached hydrogens (tertiary/aromatic N) is 2. The summed E-state index contributed by atoms with van der Waals surface area (Å²) in [5.41, 5.74) is 1.33. The molecule has 4 nitrogen and oxygen atoms in total. The molecule has 5 heteroatoms. The van der Waals surface area contributed by atoms with Gasteiger partial charge in [-0.05, 0) is 61.7 Å². The van der Waals surface area contributed by atoms with Crippen LogP contribution in [0.15, 0.2) is 16.7 Å². The van der Waals surface area contributed by atoms with Gasteiger partial charge in [0.25, 0.3) is 0 Å². The Kier molecular flexibility index (Phi) is 3.61. The third-order valence-corrected chi connectivity index (χ3v) is 3.06. The highest BCUT2D eigenvalue weighted by atomic mass is 79.9. The highest BCUT2D eigenvalue weighted by molar-refractivity contribution is 9.10. The molecule has 0 radical (unpaired) electrons. The Hall–Kier alpha value is -1.10. The molecule has 0 fully saturated rings. The van der Waals surface area contributed by atoms with Crippen LogP contribution < -0.4 is 4.90 Å². The number of halogens is 1. The number of anilines is 1. The molecule has 0 saturated carbocycles. The van der Waals surface area contributed by atoms with Gasteiger partial charge in [0.05, 0.1) is 11.4 Å². The Morgan fingerprint density at radius 2 is 2.17 bits per heavy atom. The predicted molar refractivity (Wildman–Crippen MR) is 73.8 cm³/mol. The average molecular weight is 313 g/mol.